The first-order valence-electron chi connectivity index (χ1n) is 13.6. The Labute approximate surface area is 216 Å². The van der Waals surface area contributed by atoms with Crippen LogP contribution in [0, 0.1) is 16.7 Å². The van der Waals surface area contributed by atoms with Crippen LogP contribution < -0.4 is 11.1 Å². The number of nitrogens with one attached hydrogen (secondary N) is 1. The van der Waals surface area contributed by atoms with Crippen LogP contribution in [0.2, 0.25) is 0 Å². The average Bonchev–Trinajstić information content (AvgIpc) is 2.84. The summed E-state index contributed by atoms with van der Waals surface area (Å²) in [5, 5.41) is 3.55. The highest BCUT2D eigenvalue weighted by atomic mass is 32.2. The number of fused-ring (bicyclic) bond motifs is 2. The second-order valence-corrected chi connectivity index (χ2v) is 13.5. The maximum absolute atomic E-state index is 14.2. The van der Waals surface area contributed by atoms with Crippen LogP contribution in [0.4, 0.5) is 0 Å². The van der Waals surface area contributed by atoms with Crippen LogP contribution in [-0.4, -0.2) is 23.7 Å². The van der Waals surface area contributed by atoms with Crippen LogP contribution in [0.25, 0.3) is 0 Å². The minimum atomic E-state index is -0.294. The molecule has 0 aromatic heterocycles. The smallest absolute Gasteiger partial charge is 0.226 e. The number of hydrogen-bond acceptors (Lipinski definition) is 3. The van der Waals surface area contributed by atoms with E-state index in [4.69, 9.17) is 5.73 Å². The van der Waals surface area contributed by atoms with Gasteiger partial charge in [-0.2, -0.15) is 0 Å². The van der Waals surface area contributed by atoms with E-state index in [1.165, 1.54) is 16.9 Å². The minimum Gasteiger partial charge on any atom is -0.353 e. The van der Waals surface area contributed by atoms with Crippen LogP contribution in [0.3, 0.4) is 0 Å². The van der Waals surface area contributed by atoms with Crippen LogP contribution in [0.15, 0.2) is 65.6 Å². The predicted octanol–water partition coefficient (Wildman–Crippen LogP) is 6.71. The zero-order valence-corrected chi connectivity index (χ0v) is 22.3. The Morgan fingerprint density at radius 2 is 1.60 bits per heavy atom. The molecule has 0 saturated heterocycles. The number of carbonyl (C=O) groups excluding carboxylic acids is 1. The van der Waals surface area contributed by atoms with E-state index < -0.39 is 0 Å². The fourth-order valence-electron chi connectivity index (χ4n) is 8.01. The fraction of sp³-hybridized carbons (Fsp3) is 0.581. The van der Waals surface area contributed by atoms with Gasteiger partial charge in [-0.15, -0.1) is 11.8 Å². The fourth-order valence-corrected chi connectivity index (χ4v) is 9.08. The number of hydrogen-bond donors (Lipinski definition) is 2. The van der Waals surface area contributed by atoms with Gasteiger partial charge in [0, 0.05) is 22.7 Å². The molecule has 3 nitrogen and oxygen atoms in total. The Balaban J connectivity index is 1.46. The van der Waals surface area contributed by atoms with Crippen LogP contribution in [-0.2, 0) is 10.2 Å². The van der Waals surface area contributed by atoms with Gasteiger partial charge in [-0.25, -0.2) is 0 Å². The van der Waals surface area contributed by atoms with Crippen molar-refractivity contribution in [2.75, 3.05) is 5.75 Å². The lowest BCUT2D eigenvalue weighted by atomic mass is 9.45. The Bertz CT molecular complexity index is 1010. The lowest BCUT2D eigenvalue weighted by Crippen LogP contribution is -2.59. The first-order chi connectivity index (χ1) is 16.8. The van der Waals surface area contributed by atoms with Gasteiger partial charge in [0.05, 0.1) is 5.41 Å². The monoisotopic (exact) mass is 490 g/mol. The molecule has 0 spiro atoms. The number of benzene rings is 2. The molecule has 4 unspecified atom stereocenters. The summed E-state index contributed by atoms with van der Waals surface area (Å²) in [6.45, 7) is 4.83. The standard InChI is InChI=1S/C31H42N2OS/c1-23-17-30(24-9-5-3-6-10-24)19-29(2,22-35-27-11-7-4-8-12-27)20-31(18-23,21-30)28(34)33-26-15-13-25(32)14-16-26/h3-12,23,25-26H,13-22,32H2,1-2H3,(H,33,34)/t23?,25-,26-,29?,30?,31?. The average molecular weight is 491 g/mol. The molecule has 0 aliphatic heterocycles. The second kappa shape index (κ2) is 9.94. The molecule has 4 atom stereocenters. The van der Waals surface area contributed by atoms with Gasteiger partial charge in [-0.1, -0.05) is 62.4 Å². The molecular weight excluding hydrogens is 448 g/mol. The summed E-state index contributed by atoms with van der Waals surface area (Å²) < 4.78 is 0. The summed E-state index contributed by atoms with van der Waals surface area (Å²) in [4.78, 5) is 15.5. The number of nitrogens with two attached hydrogens (primary N) is 1. The molecule has 3 aliphatic rings. The Morgan fingerprint density at radius 1 is 0.943 bits per heavy atom. The normalized spacial score (nSPS) is 36.9. The van der Waals surface area contributed by atoms with Crippen molar-refractivity contribution in [2.45, 2.75) is 94.0 Å². The number of amides is 1. The quantitative estimate of drug-likeness (QED) is 0.443. The second-order valence-electron chi connectivity index (χ2n) is 12.5. The molecule has 3 N–H and O–H groups in total. The van der Waals surface area contributed by atoms with Crippen LogP contribution in [0.5, 0.6) is 0 Å². The van der Waals surface area contributed by atoms with Crippen molar-refractivity contribution in [3.63, 3.8) is 0 Å². The topological polar surface area (TPSA) is 55.1 Å². The maximum atomic E-state index is 14.2. The summed E-state index contributed by atoms with van der Waals surface area (Å²) in [7, 11) is 0. The van der Waals surface area contributed by atoms with Crippen molar-refractivity contribution in [1.29, 1.82) is 0 Å². The number of thioether (sulfide) groups is 1. The van der Waals surface area contributed by atoms with Gasteiger partial charge in [0.25, 0.3) is 0 Å². The van der Waals surface area contributed by atoms with Gasteiger partial charge in [0.15, 0.2) is 0 Å². The SMILES string of the molecule is CC1CC2(C(=O)N[C@H]3CC[C@H](N)CC3)CC(C)(CSc3ccccc3)CC(c3ccccc3)(C1)C2. The summed E-state index contributed by atoms with van der Waals surface area (Å²) in [6, 6.07) is 22.5. The summed E-state index contributed by atoms with van der Waals surface area (Å²) in [5.74, 6) is 1.91. The van der Waals surface area contributed by atoms with Gasteiger partial charge in [-0.3, -0.25) is 4.79 Å². The van der Waals surface area contributed by atoms with E-state index in [1.807, 2.05) is 11.8 Å². The Morgan fingerprint density at radius 3 is 2.29 bits per heavy atom. The molecule has 1 amide bonds. The molecular formula is C31H42N2OS. The van der Waals surface area contributed by atoms with E-state index in [0.717, 1.165) is 57.1 Å². The lowest BCUT2D eigenvalue weighted by molar-refractivity contribution is -0.145. The third kappa shape index (κ3) is 5.34. The van der Waals surface area contributed by atoms with E-state index in [1.54, 1.807) is 0 Å². The first-order valence-corrected chi connectivity index (χ1v) is 14.6. The number of rotatable bonds is 6. The molecule has 35 heavy (non-hydrogen) atoms. The Hall–Kier alpha value is -1.78. The summed E-state index contributed by atoms with van der Waals surface area (Å²) in [5.41, 5.74) is 7.45. The maximum Gasteiger partial charge on any atom is 0.226 e. The molecule has 2 aromatic rings. The lowest BCUT2D eigenvalue weighted by Gasteiger charge is -2.59. The largest absolute Gasteiger partial charge is 0.353 e. The zero-order valence-electron chi connectivity index (χ0n) is 21.5. The van der Waals surface area contributed by atoms with Crippen molar-refractivity contribution in [3.05, 3.63) is 66.2 Å². The predicted molar refractivity (Wildman–Crippen MR) is 146 cm³/mol. The molecule has 4 heteroatoms. The molecule has 188 valence electrons. The molecule has 0 heterocycles. The molecule has 2 aromatic carbocycles. The van der Waals surface area contributed by atoms with Gasteiger partial charge < -0.3 is 11.1 Å². The van der Waals surface area contributed by atoms with Crippen molar-refractivity contribution < 1.29 is 4.79 Å². The van der Waals surface area contributed by atoms with Gasteiger partial charge in [0.1, 0.15) is 0 Å². The van der Waals surface area contributed by atoms with E-state index in [2.05, 4.69) is 79.8 Å². The highest BCUT2D eigenvalue weighted by molar-refractivity contribution is 7.99. The van der Waals surface area contributed by atoms with Crippen molar-refractivity contribution in [3.8, 4) is 0 Å². The first kappa shape index (κ1) is 24.9. The van der Waals surface area contributed by atoms with Crippen molar-refractivity contribution >= 4 is 17.7 Å². The van der Waals surface area contributed by atoms with Gasteiger partial charge >= 0.3 is 0 Å². The van der Waals surface area contributed by atoms with E-state index >= 15 is 0 Å². The molecule has 2 bridgehead atoms. The zero-order chi connectivity index (χ0) is 24.5. The molecule has 3 fully saturated rings. The summed E-state index contributed by atoms with van der Waals surface area (Å²) in [6.07, 6.45) is 9.38. The van der Waals surface area contributed by atoms with Crippen LogP contribution >= 0.6 is 11.8 Å². The molecule has 0 radical (unpaired) electrons. The molecule has 3 aliphatic carbocycles. The van der Waals surface area contributed by atoms with Crippen LogP contribution in [0.1, 0.15) is 77.2 Å². The van der Waals surface area contributed by atoms with E-state index in [0.29, 0.717) is 17.9 Å². The highest BCUT2D eigenvalue weighted by Gasteiger charge is 2.59. The van der Waals surface area contributed by atoms with Crippen molar-refractivity contribution in [2.24, 2.45) is 22.5 Å². The van der Waals surface area contributed by atoms with Gasteiger partial charge in [0.2, 0.25) is 5.91 Å². The van der Waals surface area contributed by atoms with E-state index in [9.17, 15) is 4.79 Å². The number of carbonyl (C=O) groups is 1. The summed E-state index contributed by atoms with van der Waals surface area (Å²) >= 11 is 1.96. The highest BCUT2D eigenvalue weighted by Crippen LogP contribution is 2.64. The van der Waals surface area contributed by atoms with Gasteiger partial charge in [-0.05, 0) is 92.2 Å². The third-order valence-electron chi connectivity index (χ3n) is 8.99. The third-order valence-corrected chi connectivity index (χ3v) is 10.4. The van der Waals surface area contributed by atoms with Crippen molar-refractivity contribution in [1.82, 2.24) is 5.32 Å². The Kier molecular flexibility index (Phi) is 7.07. The minimum absolute atomic E-state index is 0.0649. The van der Waals surface area contributed by atoms with E-state index in [-0.39, 0.29) is 22.3 Å². The molecule has 3 saturated carbocycles. The molecule has 5 rings (SSSR count).